The maximum atomic E-state index is 12.1. The molecule has 0 aromatic carbocycles. The van der Waals surface area contributed by atoms with Gasteiger partial charge in [-0.05, 0) is 24.9 Å². The van der Waals surface area contributed by atoms with Crippen molar-refractivity contribution < 1.29 is 22.6 Å². The first kappa shape index (κ1) is 15.6. The molecule has 0 N–H and O–H groups in total. The lowest BCUT2D eigenvalue weighted by atomic mass is 9.87. The summed E-state index contributed by atoms with van der Waals surface area (Å²) in [7, 11) is 0. The molecule has 2 saturated heterocycles. The number of nitrogens with zero attached hydrogens (tertiary/aromatic N) is 2. The van der Waals surface area contributed by atoms with Gasteiger partial charge in [0.05, 0.1) is 6.61 Å². The van der Waals surface area contributed by atoms with E-state index >= 15 is 0 Å². The van der Waals surface area contributed by atoms with E-state index in [-0.39, 0.29) is 5.88 Å². The van der Waals surface area contributed by atoms with Gasteiger partial charge < -0.3 is 9.47 Å². The second kappa shape index (κ2) is 6.04. The zero-order chi connectivity index (χ0) is 15.6. The zero-order valence-electron chi connectivity index (χ0n) is 12.2. The van der Waals surface area contributed by atoms with Gasteiger partial charge >= 0.3 is 6.18 Å². The average Bonchev–Trinajstić information content (AvgIpc) is 3.08. The molecule has 3 heterocycles. The van der Waals surface area contributed by atoms with E-state index in [0.717, 1.165) is 51.3 Å². The Morgan fingerprint density at radius 3 is 2.82 bits per heavy atom. The summed E-state index contributed by atoms with van der Waals surface area (Å²) in [5.74, 6) is 0.00293. The van der Waals surface area contributed by atoms with Crippen LogP contribution in [0.25, 0.3) is 0 Å². The predicted octanol–water partition coefficient (Wildman–Crippen LogP) is 2.64. The highest BCUT2D eigenvalue weighted by Gasteiger charge is 2.41. The van der Waals surface area contributed by atoms with E-state index in [9.17, 15) is 13.2 Å². The van der Waals surface area contributed by atoms with Crippen molar-refractivity contribution in [1.29, 1.82) is 0 Å². The van der Waals surface area contributed by atoms with Crippen LogP contribution in [0.2, 0.25) is 0 Å². The predicted molar refractivity (Wildman–Crippen MR) is 73.6 cm³/mol. The summed E-state index contributed by atoms with van der Waals surface area (Å²) in [6.45, 7) is 3.17. The molecule has 0 unspecified atom stereocenters. The van der Waals surface area contributed by atoms with Gasteiger partial charge in [0.25, 0.3) is 0 Å². The number of ether oxygens (including phenoxy) is 2. The fraction of sp³-hybridized carbons (Fsp3) is 0.667. The molecular formula is C15H19F3N2O2. The number of hydrogen-bond acceptors (Lipinski definition) is 4. The Morgan fingerprint density at radius 1 is 1.32 bits per heavy atom. The summed E-state index contributed by atoms with van der Waals surface area (Å²) in [6.07, 6.45) is -0.491. The molecule has 0 amide bonds. The highest BCUT2D eigenvalue weighted by molar-refractivity contribution is 5.18. The van der Waals surface area contributed by atoms with Crippen molar-refractivity contribution in [1.82, 2.24) is 9.88 Å². The Hall–Kier alpha value is -1.34. The van der Waals surface area contributed by atoms with Crippen LogP contribution in [0.4, 0.5) is 13.2 Å². The highest BCUT2D eigenvalue weighted by atomic mass is 19.4. The normalized spacial score (nSPS) is 26.0. The van der Waals surface area contributed by atoms with Crippen molar-refractivity contribution in [2.45, 2.75) is 25.6 Å². The molecular weight excluding hydrogens is 297 g/mol. The van der Waals surface area contributed by atoms with Crippen molar-refractivity contribution in [2.24, 2.45) is 5.41 Å². The van der Waals surface area contributed by atoms with Gasteiger partial charge in [0.1, 0.15) is 0 Å². The summed E-state index contributed by atoms with van der Waals surface area (Å²) in [4.78, 5) is 6.29. The fourth-order valence-electron chi connectivity index (χ4n) is 3.14. The van der Waals surface area contributed by atoms with Gasteiger partial charge in [-0.1, -0.05) is 6.07 Å². The van der Waals surface area contributed by atoms with Crippen LogP contribution in [-0.2, 0) is 11.3 Å². The third-order valence-electron chi connectivity index (χ3n) is 4.29. The number of alkyl halides is 3. The molecule has 2 aliphatic heterocycles. The van der Waals surface area contributed by atoms with E-state index in [1.165, 1.54) is 6.07 Å². The Morgan fingerprint density at radius 2 is 2.18 bits per heavy atom. The van der Waals surface area contributed by atoms with Crippen LogP contribution < -0.4 is 4.74 Å². The molecule has 2 fully saturated rings. The molecule has 1 aromatic heterocycles. The molecule has 0 saturated carbocycles. The minimum atomic E-state index is -4.34. The third-order valence-corrected chi connectivity index (χ3v) is 4.29. The number of hydrogen-bond donors (Lipinski definition) is 0. The number of likely N-dealkylation sites (tertiary alicyclic amines) is 1. The first-order valence-corrected chi connectivity index (χ1v) is 7.39. The van der Waals surface area contributed by atoms with Crippen molar-refractivity contribution >= 4 is 0 Å². The third kappa shape index (κ3) is 3.89. The molecule has 2 aliphatic rings. The van der Waals surface area contributed by atoms with Crippen LogP contribution >= 0.6 is 0 Å². The minimum Gasteiger partial charge on any atom is -0.468 e. The van der Waals surface area contributed by atoms with Crippen molar-refractivity contribution in [2.75, 3.05) is 32.9 Å². The van der Waals surface area contributed by atoms with Crippen molar-refractivity contribution in [3.63, 3.8) is 0 Å². The molecule has 22 heavy (non-hydrogen) atoms. The average molecular weight is 316 g/mol. The van der Waals surface area contributed by atoms with E-state index in [1.807, 2.05) is 0 Å². The topological polar surface area (TPSA) is 34.6 Å². The largest absolute Gasteiger partial charge is 0.468 e. The van der Waals surface area contributed by atoms with Gasteiger partial charge in [-0.15, -0.1) is 0 Å². The Bertz CT molecular complexity index is 499. The number of halogens is 3. The van der Waals surface area contributed by atoms with E-state index < -0.39 is 12.8 Å². The summed E-state index contributed by atoms with van der Waals surface area (Å²) in [6, 6.07) is 3.26. The SMILES string of the molecule is FC(F)(F)COc1ccc(CN2CC[C@@]3(CCOC3)C2)cn1. The highest BCUT2D eigenvalue weighted by Crippen LogP contribution is 2.38. The number of pyridine rings is 1. The lowest BCUT2D eigenvalue weighted by Crippen LogP contribution is -2.27. The second-order valence-corrected chi connectivity index (χ2v) is 6.17. The summed E-state index contributed by atoms with van der Waals surface area (Å²) in [5.41, 5.74) is 1.29. The lowest BCUT2D eigenvalue weighted by molar-refractivity contribution is -0.154. The van der Waals surface area contributed by atoms with Crippen LogP contribution in [0.15, 0.2) is 18.3 Å². The summed E-state index contributed by atoms with van der Waals surface area (Å²) in [5, 5.41) is 0. The van der Waals surface area contributed by atoms with Gasteiger partial charge in [-0.25, -0.2) is 4.98 Å². The van der Waals surface area contributed by atoms with Gasteiger partial charge in [-0.3, -0.25) is 4.90 Å². The van der Waals surface area contributed by atoms with Crippen LogP contribution in [0, 0.1) is 5.41 Å². The molecule has 0 radical (unpaired) electrons. The van der Waals surface area contributed by atoms with Crippen molar-refractivity contribution in [3.05, 3.63) is 23.9 Å². The Balaban J connectivity index is 1.51. The standard InChI is InChI=1S/C15H19F3N2O2/c16-15(17,18)11-22-13-2-1-12(7-19-13)8-20-5-3-14(9-20)4-6-21-10-14/h1-2,7H,3-6,8-11H2/t14-/m1/s1. The van der Waals surface area contributed by atoms with Gasteiger partial charge in [-0.2, -0.15) is 13.2 Å². The van der Waals surface area contributed by atoms with Crippen LogP contribution in [0.3, 0.4) is 0 Å². The van der Waals surface area contributed by atoms with Crippen molar-refractivity contribution in [3.8, 4) is 5.88 Å². The first-order valence-electron chi connectivity index (χ1n) is 7.39. The van der Waals surface area contributed by atoms with Crippen LogP contribution in [0.5, 0.6) is 5.88 Å². The smallest absolute Gasteiger partial charge is 0.422 e. The van der Waals surface area contributed by atoms with Gasteiger partial charge in [0.2, 0.25) is 5.88 Å². The van der Waals surface area contributed by atoms with E-state index in [4.69, 9.17) is 4.74 Å². The Labute approximate surface area is 127 Å². The van der Waals surface area contributed by atoms with E-state index in [0.29, 0.717) is 5.41 Å². The molecule has 1 aromatic rings. The zero-order valence-corrected chi connectivity index (χ0v) is 12.2. The summed E-state index contributed by atoms with van der Waals surface area (Å²) >= 11 is 0. The lowest BCUT2D eigenvalue weighted by Gasteiger charge is -2.22. The Kier molecular flexibility index (Phi) is 4.27. The van der Waals surface area contributed by atoms with Gasteiger partial charge in [0, 0.05) is 37.4 Å². The maximum Gasteiger partial charge on any atom is 0.422 e. The van der Waals surface area contributed by atoms with E-state index in [1.54, 1.807) is 12.3 Å². The fourth-order valence-corrected chi connectivity index (χ4v) is 3.14. The molecule has 1 atom stereocenters. The maximum absolute atomic E-state index is 12.1. The molecule has 7 heteroatoms. The molecule has 0 bridgehead atoms. The molecule has 3 rings (SSSR count). The molecule has 0 aliphatic carbocycles. The van der Waals surface area contributed by atoms with Crippen LogP contribution in [0.1, 0.15) is 18.4 Å². The summed E-state index contributed by atoms with van der Waals surface area (Å²) < 4.78 is 46.3. The number of rotatable bonds is 4. The van der Waals surface area contributed by atoms with E-state index in [2.05, 4.69) is 14.6 Å². The van der Waals surface area contributed by atoms with Gasteiger partial charge in [0.15, 0.2) is 6.61 Å². The first-order chi connectivity index (χ1) is 10.4. The number of aromatic nitrogens is 1. The monoisotopic (exact) mass is 316 g/mol. The second-order valence-electron chi connectivity index (χ2n) is 6.17. The molecule has 4 nitrogen and oxygen atoms in total. The molecule has 122 valence electrons. The molecule has 1 spiro atoms. The minimum absolute atomic E-state index is 0.00293. The quantitative estimate of drug-likeness (QED) is 0.855. The van der Waals surface area contributed by atoms with Crippen LogP contribution in [-0.4, -0.2) is 49.0 Å².